The summed E-state index contributed by atoms with van der Waals surface area (Å²) in [5.41, 5.74) is 4.60. The average Bonchev–Trinajstić information content (AvgIpc) is 3.36. The fourth-order valence-electron chi connectivity index (χ4n) is 4.47. The van der Waals surface area contributed by atoms with Crippen molar-refractivity contribution in [2.24, 2.45) is 5.41 Å². The smallest absolute Gasteiger partial charge is 0.243 e. The number of aliphatic hydroxyl groups is 1. The third-order valence-corrected chi connectivity index (χ3v) is 7.57. The molecule has 34 heavy (non-hydrogen) atoms. The first-order valence-corrected chi connectivity index (χ1v) is 12.7. The van der Waals surface area contributed by atoms with Crippen LogP contribution in [0.1, 0.15) is 38.4 Å². The number of carbonyl (C=O) groups excluding carboxylic acids is 2. The third kappa shape index (κ3) is 5.49. The molecule has 8 nitrogen and oxygen atoms in total. The number of thiazole rings is 1. The number of aliphatic hydroxyl groups excluding tert-OH is 1. The molecule has 9 heteroatoms. The molecule has 0 bridgehead atoms. The van der Waals surface area contributed by atoms with E-state index in [2.05, 4.69) is 20.9 Å². The maximum absolute atomic E-state index is 13.5. The molecule has 0 aliphatic carbocycles. The topological polar surface area (TPSA) is 107 Å². The molecule has 1 aromatic carbocycles. The van der Waals surface area contributed by atoms with Gasteiger partial charge in [-0.1, -0.05) is 45.0 Å². The summed E-state index contributed by atoms with van der Waals surface area (Å²) in [6.07, 6.45) is -0.448. The first-order valence-electron chi connectivity index (χ1n) is 11.9. The zero-order valence-corrected chi connectivity index (χ0v) is 21.1. The van der Waals surface area contributed by atoms with Crippen LogP contribution in [0, 0.1) is 12.3 Å². The Labute approximate surface area is 205 Å². The van der Waals surface area contributed by atoms with Crippen molar-refractivity contribution in [2.45, 2.75) is 64.9 Å². The molecule has 3 heterocycles. The number of likely N-dealkylation sites (tertiary alicyclic amines) is 1. The summed E-state index contributed by atoms with van der Waals surface area (Å²) in [4.78, 5) is 33.6. The van der Waals surface area contributed by atoms with Crippen molar-refractivity contribution in [2.75, 3.05) is 19.6 Å². The van der Waals surface area contributed by atoms with Gasteiger partial charge in [0.15, 0.2) is 0 Å². The molecule has 184 valence electrons. The number of hydrogen-bond donors (Lipinski definition) is 4. The van der Waals surface area contributed by atoms with Crippen molar-refractivity contribution in [3.8, 4) is 10.4 Å². The molecule has 0 saturated carbocycles. The van der Waals surface area contributed by atoms with E-state index in [1.165, 1.54) is 0 Å². The monoisotopic (exact) mass is 485 g/mol. The zero-order chi connectivity index (χ0) is 24.5. The van der Waals surface area contributed by atoms with Gasteiger partial charge in [0.2, 0.25) is 11.8 Å². The molecule has 2 fully saturated rings. The maximum Gasteiger partial charge on any atom is 0.243 e. The van der Waals surface area contributed by atoms with E-state index in [1.54, 1.807) is 16.2 Å². The Hall–Kier alpha value is -2.33. The maximum atomic E-state index is 13.5. The van der Waals surface area contributed by atoms with Crippen LogP contribution in [0.25, 0.3) is 10.4 Å². The molecule has 2 aliphatic rings. The minimum atomic E-state index is -0.701. The van der Waals surface area contributed by atoms with E-state index < -0.39 is 18.2 Å². The summed E-state index contributed by atoms with van der Waals surface area (Å²) in [6.45, 7) is 10.3. The van der Waals surface area contributed by atoms with Gasteiger partial charge in [0, 0.05) is 38.6 Å². The van der Waals surface area contributed by atoms with Crippen LogP contribution in [-0.2, 0) is 16.1 Å². The number of aromatic nitrogens is 1. The lowest BCUT2D eigenvalue weighted by Crippen LogP contribution is -2.64. The van der Waals surface area contributed by atoms with E-state index >= 15 is 0 Å². The molecule has 2 aliphatic heterocycles. The predicted octanol–water partition coefficient (Wildman–Crippen LogP) is 1.67. The van der Waals surface area contributed by atoms with Gasteiger partial charge in [-0.05, 0) is 23.5 Å². The lowest BCUT2D eigenvalue weighted by molar-refractivity contribution is -0.142. The Morgan fingerprint density at radius 1 is 1.26 bits per heavy atom. The van der Waals surface area contributed by atoms with Crippen molar-refractivity contribution in [3.63, 3.8) is 0 Å². The van der Waals surface area contributed by atoms with Crippen LogP contribution in [0.15, 0.2) is 29.8 Å². The van der Waals surface area contributed by atoms with Crippen LogP contribution in [0.5, 0.6) is 0 Å². The second kappa shape index (κ2) is 10.1. The highest BCUT2D eigenvalue weighted by molar-refractivity contribution is 7.13. The van der Waals surface area contributed by atoms with Gasteiger partial charge in [0.1, 0.15) is 6.04 Å². The molecule has 0 radical (unpaired) electrons. The molecule has 4 N–H and O–H groups in total. The standard InChI is InChI=1S/C25H35N5O3S/c1-15-21(34-14-28-15)17-7-5-16(6-8-17)10-27-23(32)20-9-19(31)13-30(20)24(33)22(25(2,3)4)29-18-11-26-12-18/h5-8,14,18-20,22,26,29,31H,9-13H2,1-4H3,(H,27,32)/t19-,20+,22-/m1/s1. The lowest BCUT2D eigenvalue weighted by Gasteiger charge is -2.40. The van der Waals surface area contributed by atoms with Gasteiger partial charge in [-0.25, -0.2) is 4.98 Å². The largest absolute Gasteiger partial charge is 0.391 e. The third-order valence-electron chi connectivity index (χ3n) is 6.59. The average molecular weight is 486 g/mol. The van der Waals surface area contributed by atoms with E-state index in [1.807, 2.05) is 57.5 Å². The van der Waals surface area contributed by atoms with Gasteiger partial charge in [-0.2, -0.15) is 0 Å². The molecule has 2 amide bonds. The number of benzene rings is 1. The van der Waals surface area contributed by atoms with Crippen LogP contribution in [0.2, 0.25) is 0 Å². The van der Waals surface area contributed by atoms with Gasteiger partial charge in [0.05, 0.1) is 28.2 Å². The van der Waals surface area contributed by atoms with Gasteiger partial charge in [-0.3, -0.25) is 9.59 Å². The van der Waals surface area contributed by atoms with Crippen molar-refractivity contribution in [1.82, 2.24) is 25.8 Å². The van der Waals surface area contributed by atoms with Gasteiger partial charge < -0.3 is 26.0 Å². The highest BCUT2D eigenvalue weighted by Gasteiger charge is 2.44. The summed E-state index contributed by atoms with van der Waals surface area (Å²) in [7, 11) is 0. The van der Waals surface area contributed by atoms with Gasteiger partial charge in [-0.15, -0.1) is 11.3 Å². The van der Waals surface area contributed by atoms with E-state index in [-0.39, 0.29) is 36.2 Å². The Bertz CT molecular complexity index is 1010. The predicted molar refractivity (Wildman–Crippen MR) is 133 cm³/mol. The Balaban J connectivity index is 1.40. The van der Waals surface area contributed by atoms with Crippen LogP contribution in [0.4, 0.5) is 0 Å². The van der Waals surface area contributed by atoms with E-state index in [0.29, 0.717) is 6.54 Å². The van der Waals surface area contributed by atoms with Crippen LogP contribution >= 0.6 is 11.3 Å². The fraction of sp³-hybridized carbons (Fsp3) is 0.560. The summed E-state index contributed by atoms with van der Waals surface area (Å²) >= 11 is 1.61. The Kier molecular flexibility index (Phi) is 7.37. The molecule has 3 atom stereocenters. The van der Waals surface area contributed by atoms with Crippen molar-refractivity contribution in [3.05, 3.63) is 41.0 Å². The first kappa shape index (κ1) is 24.8. The minimum Gasteiger partial charge on any atom is -0.391 e. The number of β-amino-alcohol motifs (C(OH)–C–C–N with tert-alkyl or cyclic N) is 1. The van der Waals surface area contributed by atoms with E-state index in [4.69, 9.17) is 0 Å². The summed E-state index contributed by atoms with van der Waals surface area (Å²) in [5, 5.41) is 19.9. The molecular formula is C25H35N5O3S. The Morgan fingerprint density at radius 2 is 1.97 bits per heavy atom. The zero-order valence-electron chi connectivity index (χ0n) is 20.3. The number of carbonyl (C=O) groups is 2. The highest BCUT2D eigenvalue weighted by atomic mass is 32.1. The van der Waals surface area contributed by atoms with Crippen LogP contribution in [-0.4, -0.2) is 70.7 Å². The Morgan fingerprint density at radius 3 is 2.53 bits per heavy atom. The fourth-order valence-corrected chi connectivity index (χ4v) is 5.28. The normalized spacial score (nSPS) is 21.9. The van der Waals surface area contributed by atoms with Crippen LogP contribution < -0.4 is 16.0 Å². The van der Waals surface area contributed by atoms with Crippen molar-refractivity contribution in [1.29, 1.82) is 0 Å². The summed E-state index contributed by atoms with van der Waals surface area (Å²) in [5.74, 6) is -0.356. The number of nitrogens with one attached hydrogen (secondary N) is 3. The quantitative estimate of drug-likeness (QED) is 0.475. The second-order valence-electron chi connectivity index (χ2n) is 10.4. The molecule has 4 rings (SSSR count). The number of amides is 2. The van der Waals surface area contributed by atoms with E-state index in [0.717, 1.165) is 34.8 Å². The van der Waals surface area contributed by atoms with E-state index in [9.17, 15) is 14.7 Å². The molecule has 0 unspecified atom stereocenters. The highest BCUT2D eigenvalue weighted by Crippen LogP contribution is 2.28. The summed E-state index contributed by atoms with van der Waals surface area (Å²) < 4.78 is 0. The molecule has 1 aromatic heterocycles. The second-order valence-corrected chi connectivity index (χ2v) is 11.3. The number of nitrogens with zero attached hydrogens (tertiary/aromatic N) is 2. The first-order chi connectivity index (χ1) is 16.1. The van der Waals surface area contributed by atoms with Crippen molar-refractivity contribution < 1.29 is 14.7 Å². The SMILES string of the molecule is Cc1ncsc1-c1ccc(CNC(=O)[C@@H]2C[C@@H](O)CN2C(=O)[C@@H](NC2CNC2)C(C)(C)C)cc1. The molecular weight excluding hydrogens is 450 g/mol. The molecule has 0 spiro atoms. The number of aryl methyl sites for hydroxylation is 1. The van der Waals surface area contributed by atoms with Crippen LogP contribution in [0.3, 0.4) is 0 Å². The van der Waals surface area contributed by atoms with Crippen molar-refractivity contribution >= 4 is 23.2 Å². The summed E-state index contributed by atoms with van der Waals surface area (Å²) in [6, 6.07) is 7.19. The van der Waals surface area contributed by atoms with Gasteiger partial charge in [0.25, 0.3) is 0 Å². The lowest BCUT2D eigenvalue weighted by atomic mass is 9.84. The van der Waals surface area contributed by atoms with Gasteiger partial charge >= 0.3 is 0 Å². The molecule has 2 saturated heterocycles. The minimum absolute atomic E-state index is 0.125. The molecule has 2 aromatic rings. The number of hydrogen-bond acceptors (Lipinski definition) is 7. The number of rotatable bonds is 7.